The second-order valence-corrected chi connectivity index (χ2v) is 6.21. The van der Waals surface area contributed by atoms with Crippen molar-refractivity contribution in [3.05, 3.63) is 29.8 Å². The van der Waals surface area contributed by atoms with Crippen molar-refractivity contribution in [2.75, 3.05) is 20.2 Å². The van der Waals surface area contributed by atoms with E-state index >= 15 is 0 Å². The molecule has 1 saturated carbocycles. The Morgan fingerprint density at radius 3 is 2.83 bits per heavy atom. The Kier molecular flexibility index (Phi) is 3.06. The standard InChI is InChI=1S/C16H23NO/c1-16(11-17-2,13-7-8-13)9-12-10-18-15-6-4-3-5-14(12)15/h3-6,12-13,17H,7-11H2,1-2H3. The summed E-state index contributed by atoms with van der Waals surface area (Å²) in [7, 11) is 2.07. The van der Waals surface area contributed by atoms with Gasteiger partial charge in [-0.3, -0.25) is 0 Å². The Hall–Kier alpha value is -1.02. The summed E-state index contributed by atoms with van der Waals surface area (Å²) in [6.07, 6.45) is 4.07. The highest BCUT2D eigenvalue weighted by Gasteiger charge is 2.43. The van der Waals surface area contributed by atoms with Crippen molar-refractivity contribution in [3.8, 4) is 5.75 Å². The van der Waals surface area contributed by atoms with E-state index in [-0.39, 0.29) is 0 Å². The highest BCUT2D eigenvalue weighted by Crippen LogP contribution is 2.51. The zero-order valence-corrected chi connectivity index (χ0v) is 11.4. The van der Waals surface area contributed by atoms with E-state index < -0.39 is 0 Å². The summed E-state index contributed by atoms with van der Waals surface area (Å²) in [5.74, 6) is 2.60. The average Bonchev–Trinajstić information content (AvgIpc) is 3.15. The molecule has 0 saturated heterocycles. The van der Waals surface area contributed by atoms with Crippen LogP contribution in [0.25, 0.3) is 0 Å². The van der Waals surface area contributed by atoms with Crippen LogP contribution in [-0.2, 0) is 0 Å². The van der Waals surface area contributed by atoms with Gasteiger partial charge in [0.2, 0.25) is 0 Å². The number of hydrogen-bond acceptors (Lipinski definition) is 2. The summed E-state index contributed by atoms with van der Waals surface area (Å²) >= 11 is 0. The molecule has 1 aromatic rings. The van der Waals surface area contributed by atoms with Crippen molar-refractivity contribution < 1.29 is 4.74 Å². The van der Waals surface area contributed by atoms with E-state index in [4.69, 9.17) is 4.74 Å². The van der Waals surface area contributed by atoms with Gasteiger partial charge in [-0.1, -0.05) is 25.1 Å². The first-order valence-corrected chi connectivity index (χ1v) is 7.09. The molecule has 1 aromatic carbocycles. The summed E-state index contributed by atoms with van der Waals surface area (Å²) in [5, 5.41) is 3.39. The lowest BCUT2D eigenvalue weighted by molar-refractivity contribution is 0.205. The van der Waals surface area contributed by atoms with Crippen LogP contribution in [0.15, 0.2) is 24.3 Å². The Balaban J connectivity index is 1.76. The van der Waals surface area contributed by atoms with Gasteiger partial charge < -0.3 is 10.1 Å². The highest BCUT2D eigenvalue weighted by atomic mass is 16.5. The fourth-order valence-corrected chi connectivity index (χ4v) is 3.53. The lowest BCUT2D eigenvalue weighted by Gasteiger charge is -2.32. The predicted molar refractivity (Wildman–Crippen MR) is 74.1 cm³/mol. The summed E-state index contributed by atoms with van der Waals surface area (Å²) in [4.78, 5) is 0. The first kappa shape index (κ1) is 12.0. The molecule has 2 nitrogen and oxygen atoms in total. The zero-order chi connectivity index (χ0) is 12.6. The van der Waals surface area contributed by atoms with Gasteiger partial charge in [0.15, 0.2) is 0 Å². The second-order valence-electron chi connectivity index (χ2n) is 6.21. The number of nitrogens with one attached hydrogen (secondary N) is 1. The van der Waals surface area contributed by atoms with Crippen LogP contribution in [-0.4, -0.2) is 20.2 Å². The summed E-state index contributed by atoms with van der Waals surface area (Å²) in [6.45, 7) is 4.43. The van der Waals surface area contributed by atoms with Crippen LogP contribution in [0.1, 0.15) is 37.7 Å². The van der Waals surface area contributed by atoms with Crippen molar-refractivity contribution >= 4 is 0 Å². The molecule has 0 radical (unpaired) electrons. The Morgan fingerprint density at radius 2 is 2.11 bits per heavy atom. The molecule has 1 aliphatic heterocycles. The first-order chi connectivity index (χ1) is 8.73. The summed E-state index contributed by atoms with van der Waals surface area (Å²) in [6, 6.07) is 8.53. The van der Waals surface area contributed by atoms with Crippen molar-refractivity contribution in [1.29, 1.82) is 0 Å². The number of benzene rings is 1. The maximum absolute atomic E-state index is 5.81. The molecule has 1 aliphatic carbocycles. The van der Waals surface area contributed by atoms with Gasteiger partial charge in [0.25, 0.3) is 0 Å². The van der Waals surface area contributed by atoms with Crippen LogP contribution < -0.4 is 10.1 Å². The minimum absolute atomic E-state index is 0.431. The first-order valence-electron chi connectivity index (χ1n) is 7.09. The van der Waals surface area contributed by atoms with Crippen LogP contribution >= 0.6 is 0 Å². The van der Waals surface area contributed by atoms with Crippen molar-refractivity contribution in [3.63, 3.8) is 0 Å². The molecular formula is C16H23NO. The molecule has 0 aromatic heterocycles. The molecule has 18 heavy (non-hydrogen) atoms. The number of fused-ring (bicyclic) bond motifs is 1. The van der Waals surface area contributed by atoms with E-state index in [0.29, 0.717) is 11.3 Å². The minimum atomic E-state index is 0.431. The van der Waals surface area contributed by atoms with Gasteiger partial charge in [0.05, 0.1) is 6.61 Å². The normalized spacial score (nSPS) is 25.3. The largest absolute Gasteiger partial charge is 0.493 e. The number of rotatable bonds is 5. The molecule has 2 heteroatoms. The molecular weight excluding hydrogens is 222 g/mol. The summed E-state index contributed by atoms with van der Waals surface area (Å²) < 4.78 is 5.81. The second kappa shape index (κ2) is 4.58. The molecule has 2 unspecified atom stereocenters. The number of para-hydroxylation sites is 1. The van der Waals surface area contributed by atoms with Gasteiger partial charge in [-0.15, -0.1) is 0 Å². The Morgan fingerprint density at radius 1 is 1.33 bits per heavy atom. The molecule has 0 amide bonds. The topological polar surface area (TPSA) is 21.3 Å². The molecule has 98 valence electrons. The van der Waals surface area contributed by atoms with Crippen LogP contribution in [0.3, 0.4) is 0 Å². The third-order valence-corrected chi connectivity index (χ3v) is 4.66. The smallest absolute Gasteiger partial charge is 0.122 e. The molecule has 2 aliphatic rings. The van der Waals surface area contributed by atoms with Crippen LogP contribution in [0.4, 0.5) is 0 Å². The Bertz CT molecular complexity index is 427. The van der Waals surface area contributed by atoms with Crippen LogP contribution in [0.5, 0.6) is 5.75 Å². The predicted octanol–water partition coefficient (Wildman–Crippen LogP) is 3.19. The van der Waals surface area contributed by atoms with Crippen LogP contribution in [0, 0.1) is 11.3 Å². The van der Waals surface area contributed by atoms with Crippen molar-refractivity contribution in [1.82, 2.24) is 5.32 Å². The number of ether oxygens (including phenoxy) is 1. The van der Waals surface area contributed by atoms with E-state index in [2.05, 4.69) is 43.6 Å². The van der Waals surface area contributed by atoms with Gasteiger partial charge in [-0.05, 0) is 43.7 Å². The van der Waals surface area contributed by atoms with Gasteiger partial charge in [0.1, 0.15) is 5.75 Å². The van der Waals surface area contributed by atoms with E-state index in [1.54, 1.807) is 0 Å². The van der Waals surface area contributed by atoms with Gasteiger partial charge in [0, 0.05) is 18.0 Å². The molecule has 1 N–H and O–H groups in total. The van der Waals surface area contributed by atoms with Gasteiger partial charge in [-0.2, -0.15) is 0 Å². The maximum Gasteiger partial charge on any atom is 0.122 e. The SMILES string of the molecule is CNCC(C)(CC1COc2ccccc21)C1CC1. The third kappa shape index (κ3) is 2.14. The van der Waals surface area contributed by atoms with Crippen LogP contribution in [0.2, 0.25) is 0 Å². The lowest BCUT2D eigenvalue weighted by atomic mass is 9.75. The van der Waals surface area contributed by atoms with E-state index in [9.17, 15) is 0 Å². The van der Waals surface area contributed by atoms with Gasteiger partial charge in [-0.25, -0.2) is 0 Å². The quantitative estimate of drug-likeness (QED) is 0.860. The van der Waals surface area contributed by atoms with E-state index in [1.165, 1.54) is 24.8 Å². The maximum atomic E-state index is 5.81. The summed E-state index contributed by atoms with van der Waals surface area (Å²) in [5.41, 5.74) is 1.85. The minimum Gasteiger partial charge on any atom is -0.493 e. The molecule has 1 fully saturated rings. The van der Waals surface area contributed by atoms with Gasteiger partial charge >= 0.3 is 0 Å². The molecule has 0 spiro atoms. The molecule has 2 atom stereocenters. The van der Waals surface area contributed by atoms with E-state index in [0.717, 1.165) is 24.8 Å². The fourth-order valence-electron chi connectivity index (χ4n) is 3.53. The fraction of sp³-hybridized carbons (Fsp3) is 0.625. The monoisotopic (exact) mass is 245 g/mol. The highest BCUT2D eigenvalue weighted by molar-refractivity contribution is 5.39. The van der Waals surface area contributed by atoms with E-state index in [1.807, 2.05) is 0 Å². The Labute approximate surface area is 110 Å². The number of hydrogen-bond donors (Lipinski definition) is 1. The van der Waals surface area contributed by atoms with Crippen molar-refractivity contribution in [2.45, 2.75) is 32.1 Å². The lowest BCUT2D eigenvalue weighted by Crippen LogP contribution is -2.33. The molecule has 3 rings (SSSR count). The van der Waals surface area contributed by atoms with Crippen molar-refractivity contribution in [2.24, 2.45) is 11.3 Å². The molecule has 1 heterocycles. The third-order valence-electron chi connectivity index (χ3n) is 4.66. The molecule has 0 bridgehead atoms. The zero-order valence-electron chi connectivity index (χ0n) is 11.4. The average molecular weight is 245 g/mol.